The van der Waals surface area contributed by atoms with Crippen molar-refractivity contribution in [3.63, 3.8) is 0 Å². The Hall–Kier alpha value is -2.62. The SMILES string of the molecule is COc1ccc([C@@H](C)NC(=O)/C=C/c2ccc(F)cc2)cc1. The number of hydrogen-bond donors (Lipinski definition) is 1. The first-order valence-electron chi connectivity index (χ1n) is 6.96. The molecular formula is C18H18FNO2. The lowest BCUT2D eigenvalue weighted by Crippen LogP contribution is -2.24. The van der Waals surface area contributed by atoms with Crippen LogP contribution in [-0.2, 0) is 4.79 Å². The molecule has 0 aliphatic carbocycles. The van der Waals surface area contributed by atoms with Gasteiger partial charge >= 0.3 is 0 Å². The first-order valence-corrected chi connectivity index (χ1v) is 6.96. The number of carbonyl (C=O) groups excluding carboxylic acids is 1. The minimum atomic E-state index is -0.297. The lowest BCUT2D eigenvalue weighted by Gasteiger charge is -2.13. The van der Waals surface area contributed by atoms with Crippen molar-refractivity contribution < 1.29 is 13.9 Å². The van der Waals surface area contributed by atoms with Crippen molar-refractivity contribution in [3.8, 4) is 5.75 Å². The molecule has 4 heteroatoms. The molecule has 0 heterocycles. The molecule has 1 amide bonds. The molecule has 0 spiro atoms. The van der Waals surface area contributed by atoms with Gasteiger partial charge in [0.25, 0.3) is 0 Å². The van der Waals surface area contributed by atoms with Gasteiger partial charge < -0.3 is 10.1 Å². The van der Waals surface area contributed by atoms with Crippen LogP contribution >= 0.6 is 0 Å². The number of hydrogen-bond acceptors (Lipinski definition) is 2. The van der Waals surface area contributed by atoms with Crippen LogP contribution in [0.4, 0.5) is 4.39 Å². The summed E-state index contributed by atoms with van der Waals surface area (Å²) in [6.07, 6.45) is 3.09. The Balaban J connectivity index is 1.94. The largest absolute Gasteiger partial charge is 0.497 e. The van der Waals surface area contributed by atoms with Crippen molar-refractivity contribution in [2.45, 2.75) is 13.0 Å². The molecule has 2 aromatic rings. The Kier molecular flexibility index (Phi) is 5.31. The third-order valence-electron chi connectivity index (χ3n) is 3.27. The van der Waals surface area contributed by atoms with Crippen molar-refractivity contribution >= 4 is 12.0 Å². The zero-order valence-corrected chi connectivity index (χ0v) is 12.5. The van der Waals surface area contributed by atoms with Gasteiger partial charge in [-0.15, -0.1) is 0 Å². The molecule has 114 valence electrons. The Morgan fingerprint density at radius 1 is 1.14 bits per heavy atom. The maximum atomic E-state index is 12.8. The van der Waals surface area contributed by atoms with Crippen LogP contribution < -0.4 is 10.1 Å². The zero-order valence-electron chi connectivity index (χ0n) is 12.5. The summed E-state index contributed by atoms with van der Waals surface area (Å²) >= 11 is 0. The van der Waals surface area contributed by atoms with Gasteiger partial charge in [0, 0.05) is 6.08 Å². The van der Waals surface area contributed by atoms with Crippen LogP contribution in [0, 0.1) is 5.82 Å². The predicted molar refractivity (Wildman–Crippen MR) is 85.0 cm³/mol. The number of rotatable bonds is 5. The van der Waals surface area contributed by atoms with Gasteiger partial charge in [-0.1, -0.05) is 24.3 Å². The fourth-order valence-corrected chi connectivity index (χ4v) is 1.98. The molecule has 2 aromatic carbocycles. The Labute approximate surface area is 129 Å². The molecule has 0 saturated carbocycles. The van der Waals surface area contributed by atoms with E-state index in [9.17, 15) is 9.18 Å². The highest BCUT2D eigenvalue weighted by Gasteiger charge is 2.07. The molecule has 2 rings (SSSR count). The van der Waals surface area contributed by atoms with Crippen LogP contribution in [-0.4, -0.2) is 13.0 Å². The fraction of sp³-hybridized carbons (Fsp3) is 0.167. The summed E-state index contributed by atoms with van der Waals surface area (Å²) in [5, 5.41) is 2.87. The van der Waals surface area contributed by atoms with E-state index in [1.807, 2.05) is 31.2 Å². The van der Waals surface area contributed by atoms with Crippen molar-refractivity contribution in [2.24, 2.45) is 0 Å². The summed E-state index contributed by atoms with van der Waals surface area (Å²) < 4.78 is 17.9. The highest BCUT2D eigenvalue weighted by atomic mass is 19.1. The van der Waals surface area contributed by atoms with Crippen LogP contribution in [0.5, 0.6) is 5.75 Å². The number of amides is 1. The number of methoxy groups -OCH3 is 1. The van der Waals surface area contributed by atoms with Gasteiger partial charge in [0.15, 0.2) is 0 Å². The number of halogens is 1. The standard InChI is InChI=1S/C18H18FNO2/c1-13(15-6-10-17(22-2)11-7-15)20-18(21)12-5-14-3-8-16(19)9-4-14/h3-13H,1-2H3,(H,20,21)/b12-5+/t13-/m1/s1. The normalized spacial score (nSPS) is 12.1. The van der Waals surface area contributed by atoms with E-state index in [1.165, 1.54) is 18.2 Å². The molecule has 22 heavy (non-hydrogen) atoms. The second-order valence-corrected chi connectivity index (χ2v) is 4.89. The van der Waals surface area contributed by atoms with Crippen molar-refractivity contribution in [1.29, 1.82) is 0 Å². The molecule has 0 unspecified atom stereocenters. The summed E-state index contributed by atoms with van der Waals surface area (Å²) in [5.41, 5.74) is 1.76. The summed E-state index contributed by atoms with van der Waals surface area (Å²) in [6.45, 7) is 1.91. The molecule has 0 fully saturated rings. The van der Waals surface area contributed by atoms with E-state index in [0.29, 0.717) is 0 Å². The van der Waals surface area contributed by atoms with Crippen LogP contribution in [0.25, 0.3) is 6.08 Å². The van der Waals surface area contributed by atoms with Gasteiger partial charge in [-0.2, -0.15) is 0 Å². The molecule has 1 N–H and O–H groups in total. The highest BCUT2D eigenvalue weighted by Crippen LogP contribution is 2.17. The van der Waals surface area contributed by atoms with E-state index in [2.05, 4.69) is 5.32 Å². The number of carbonyl (C=O) groups is 1. The fourth-order valence-electron chi connectivity index (χ4n) is 1.98. The van der Waals surface area contributed by atoms with Crippen molar-refractivity contribution in [3.05, 3.63) is 71.6 Å². The Bertz CT molecular complexity index is 648. The summed E-state index contributed by atoms with van der Waals surface area (Å²) in [4.78, 5) is 11.9. The Morgan fingerprint density at radius 3 is 2.36 bits per heavy atom. The van der Waals surface area contributed by atoms with Gasteiger partial charge in [-0.3, -0.25) is 4.79 Å². The van der Waals surface area contributed by atoms with E-state index in [-0.39, 0.29) is 17.8 Å². The van der Waals surface area contributed by atoms with Crippen molar-refractivity contribution in [2.75, 3.05) is 7.11 Å². The lowest BCUT2D eigenvalue weighted by molar-refractivity contribution is -0.117. The number of nitrogens with one attached hydrogen (secondary N) is 1. The summed E-state index contributed by atoms with van der Waals surface area (Å²) in [6, 6.07) is 13.4. The first kappa shape index (κ1) is 15.8. The smallest absolute Gasteiger partial charge is 0.244 e. The number of ether oxygens (including phenoxy) is 1. The quantitative estimate of drug-likeness (QED) is 0.854. The van der Waals surface area contributed by atoms with Gasteiger partial charge in [-0.25, -0.2) is 4.39 Å². The van der Waals surface area contributed by atoms with Crippen molar-refractivity contribution in [1.82, 2.24) is 5.32 Å². The third kappa shape index (κ3) is 4.45. The minimum absolute atomic E-state index is 0.115. The molecule has 0 aliphatic heterocycles. The molecule has 0 bridgehead atoms. The average Bonchev–Trinajstić information content (AvgIpc) is 2.54. The van der Waals surface area contributed by atoms with Gasteiger partial charge in [0.05, 0.1) is 13.2 Å². The summed E-state index contributed by atoms with van der Waals surface area (Å²) in [7, 11) is 1.61. The molecule has 0 saturated heterocycles. The monoisotopic (exact) mass is 299 g/mol. The van der Waals surface area contributed by atoms with Crippen LogP contribution in [0.1, 0.15) is 24.1 Å². The molecule has 0 radical (unpaired) electrons. The molecule has 1 atom stereocenters. The second-order valence-electron chi connectivity index (χ2n) is 4.89. The zero-order chi connectivity index (χ0) is 15.9. The van der Waals surface area contributed by atoms with E-state index < -0.39 is 0 Å². The van der Waals surface area contributed by atoms with Gasteiger partial charge in [0.2, 0.25) is 5.91 Å². The first-order chi connectivity index (χ1) is 10.6. The number of benzene rings is 2. The second kappa shape index (κ2) is 7.41. The molecule has 3 nitrogen and oxygen atoms in total. The van der Waals surface area contributed by atoms with Crippen LogP contribution in [0.3, 0.4) is 0 Å². The maximum Gasteiger partial charge on any atom is 0.244 e. The predicted octanol–water partition coefficient (Wildman–Crippen LogP) is 3.72. The van der Waals surface area contributed by atoms with Gasteiger partial charge in [-0.05, 0) is 48.4 Å². The van der Waals surface area contributed by atoms with E-state index in [1.54, 1.807) is 25.3 Å². The highest BCUT2D eigenvalue weighted by molar-refractivity contribution is 5.91. The molecular weight excluding hydrogens is 281 g/mol. The van der Waals surface area contributed by atoms with E-state index in [0.717, 1.165) is 16.9 Å². The van der Waals surface area contributed by atoms with E-state index >= 15 is 0 Å². The van der Waals surface area contributed by atoms with Crippen LogP contribution in [0.2, 0.25) is 0 Å². The van der Waals surface area contributed by atoms with Crippen LogP contribution in [0.15, 0.2) is 54.6 Å². The third-order valence-corrected chi connectivity index (χ3v) is 3.27. The maximum absolute atomic E-state index is 12.8. The topological polar surface area (TPSA) is 38.3 Å². The van der Waals surface area contributed by atoms with E-state index in [4.69, 9.17) is 4.74 Å². The lowest BCUT2D eigenvalue weighted by atomic mass is 10.1. The summed E-state index contributed by atoms with van der Waals surface area (Å²) in [5.74, 6) is 0.279. The molecule has 0 aliphatic rings. The van der Waals surface area contributed by atoms with Gasteiger partial charge in [0.1, 0.15) is 11.6 Å². The molecule has 0 aromatic heterocycles. The average molecular weight is 299 g/mol. The minimum Gasteiger partial charge on any atom is -0.497 e. The Morgan fingerprint density at radius 2 is 1.77 bits per heavy atom.